The first kappa shape index (κ1) is 8.69. The standard InChI is InChI=1S/C11H10N2O/c1-7(14)10-6-5-8-9(12)3-2-4-11(8)13-10/h2-6H,12H2,1H3. The topological polar surface area (TPSA) is 56.0 Å². The first-order valence-electron chi connectivity index (χ1n) is 4.34. The van der Waals surface area contributed by atoms with Crippen LogP contribution in [-0.2, 0) is 0 Å². The molecule has 3 nitrogen and oxygen atoms in total. The number of rotatable bonds is 1. The Morgan fingerprint density at radius 1 is 1.29 bits per heavy atom. The first-order valence-corrected chi connectivity index (χ1v) is 4.34. The van der Waals surface area contributed by atoms with Crippen molar-refractivity contribution < 1.29 is 4.79 Å². The molecule has 0 spiro atoms. The van der Waals surface area contributed by atoms with E-state index in [4.69, 9.17) is 5.73 Å². The third-order valence-corrected chi connectivity index (χ3v) is 2.13. The van der Waals surface area contributed by atoms with Crippen molar-refractivity contribution in [3.63, 3.8) is 0 Å². The van der Waals surface area contributed by atoms with Crippen molar-refractivity contribution in [1.82, 2.24) is 4.98 Å². The van der Waals surface area contributed by atoms with Gasteiger partial charge in [-0.2, -0.15) is 0 Å². The fourth-order valence-electron chi connectivity index (χ4n) is 1.37. The zero-order chi connectivity index (χ0) is 10.1. The number of benzene rings is 1. The summed E-state index contributed by atoms with van der Waals surface area (Å²) in [6.07, 6.45) is 0. The minimum Gasteiger partial charge on any atom is -0.398 e. The number of ketones is 1. The maximum Gasteiger partial charge on any atom is 0.178 e. The molecule has 0 saturated heterocycles. The van der Waals surface area contributed by atoms with Crippen LogP contribution in [0.5, 0.6) is 0 Å². The molecule has 1 heterocycles. The van der Waals surface area contributed by atoms with E-state index in [2.05, 4.69) is 4.98 Å². The number of hydrogen-bond donors (Lipinski definition) is 1. The maximum atomic E-state index is 11.1. The molecule has 1 aromatic heterocycles. The van der Waals surface area contributed by atoms with E-state index in [0.29, 0.717) is 11.4 Å². The van der Waals surface area contributed by atoms with Gasteiger partial charge in [0.1, 0.15) is 5.69 Å². The molecule has 0 fully saturated rings. The molecule has 0 aliphatic carbocycles. The normalized spacial score (nSPS) is 10.4. The summed E-state index contributed by atoms with van der Waals surface area (Å²) in [5.41, 5.74) is 7.68. The van der Waals surface area contributed by atoms with Crippen LogP contribution < -0.4 is 5.73 Å². The van der Waals surface area contributed by atoms with Crippen molar-refractivity contribution in [2.24, 2.45) is 0 Å². The Hall–Kier alpha value is -1.90. The van der Waals surface area contributed by atoms with Crippen LogP contribution in [0.4, 0.5) is 5.69 Å². The molecule has 0 aliphatic rings. The fourth-order valence-corrected chi connectivity index (χ4v) is 1.37. The summed E-state index contributed by atoms with van der Waals surface area (Å²) in [6, 6.07) is 9.01. The van der Waals surface area contributed by atoms with Crippen LogP contribution in [0.25, 0.3) is 10.9 Å². The van der Waals surface area contributed by atoms with Crippen molar-refractivity contribution in [3.05, 3.63) is 36.0 Å². The second-order valence-electron chi connectivity index (χ2n) is 3.17. The van der Waals surface area contributed by atoms with Crippen molar-refractivity contribution in [2.75, 3.05) is 5.73 Å². The Labute approximate surface area is 81.6 Å². The van der Waals surface area contributed by atoms with Gasteiger partial charge in [-0.3, -0.25) is 4.79 Å². The molecule has 14 heavy (non-hydrogen) atoms. The van der Waals surface area contributed by atoms with Gasteiger partial charge in [-0.05, 0) is 24.3 Å². The molecule has 1 aromatic carbocycles. The molecule has 0 saturated carbocycles. The number of anilines is 1. The van der Waals surface area contributed by atoms with E-state index in [9.17, 15) is 4.79 Å². The number of aromatic nitrogens is 1. The largest absolute Gasteiger partial charge is 0.398 e. The Bertz CT molecular complexity index is 506. The summed E-state index contributed by atoms with van der Waals surface area (Å²) in [7, 11) is 0. The Kier molecular flexibility index (Phi) is 1.93. The molecule has 2 aromatic rings. The van der Waals surface area contributed by atoms with Gasteiger partial charge in [-0.15, -0.1) is 0 Å². The van der Waals surface area contributed by atoms with E-state index in [1.807, 2.05) is 24.3 Å². The number of pyridine rings is 1. The van der Waals surface area contributed by atoms with E-state index in [-0.39, 0.29) is 5.78 Å². The maximum absolute atomic E-state index is 11.1. The highest BCUT2D eigenvalue weighted by Gasteiger charge is 2.03. The zero-order valence-corrected chi connectivity index (χ0v) is 7.82. The molecule has 2 N–H and O–H groups in total. The van der Waals surface area contributed by atoms with E-state index in [1.54, 1.807) is 6.07 Å². The quantitative estimate of drug-likeness (QED) is 0.547. The SMILES string of the molecule is CC(=O)c1ccc2c(N)cccc2n1. The number of hydrogen-bond acceptors (Lipinski definition) is 3. The van der Waals surface area contributed by atoms with Crippen LogP contribution in [0, 0.1) is 0 Å². The summed E-state index contributed by atoms with van der Waals surface area (Å²) >= 11 is 0. The lowest BCUT2D eigenvalue weighted by Crippen LogP contribution is -1.97. The average molecular weight is 186 g/mol. The molecular formula is C11H10N2O. The van der Waals surface area contributed by atoms with E-state index in [0.717, 1.165) is 10.9 Å². The minimum atomic E-state index is -0.0330. The van der Waals surface area contributed by atoms with Crippen LogP contribution in [0.3, 0.4) is 0 Å². The van der Waals surface area contributed by atoms with Crippen LogP contribution in [0.15, 0.2) is 30.3 Å². The van der Waals surface area contributed by atoms with Crippen LogP contribution in [0.1, 0.15) is 17.4 Å². The molecule has 0 unspecified atom stereocenters. The molecule has 0 radical (unpaired) electrons. The van der Waals surface area contributed by atoms with Gasteiger partial charge in [0.15, 0.2) is 5.78 Å². The lowest BCUT2D eigenvalue weighted by molar-refractivity contribution is 0.101. The van der Waals surface area contributed by atoms with Crippen LogP contribution >= 0.6 is 0 Å². The Morgan fingerprint density at radius 3 is 2.79 bits per heavy atom. The lowest BCUT2D eigenvalue weighted by Gasteiger charge is -2.01. The van der Waals surface area contributed by atoms with Gasteiger partial charge in [0.25, 0.3) is 0 Å². The fraction of sp³-hybridized carbons (Fsp3) is 0.0909. The van der Waals surface area contributed by atoms with E-state index >= 15 is 0 Å². The summed E-state index contributed by atoms with van der Waals surface area (Å²) in [4.78, 5) is 15.3. The van der Waals surface area contributed by atoms with Gasteiger partial charge >= 0.3 is 0 Å². The highest BCUT2D eigenvalue weighted by Crippen LogP contribution is 2.19. The predicted molar refractivity (Wildman–Crippen MR) is 56.2 cm³/mol. The van der Waals surface area contributed by atoms with Crippen LogP contribution in [0.2, 0.25) is 0 Å². The predicted octanol–water partition coefficient (Wildman–Crippen LogP) is 2.02. The van der Waals surface area contributed by atoms with E-state index in [1.165, 1.54) is 6.92 Å². The van der Waals surface area contributed by atoms with Gasteiger partial charge in [0.05, 0.1) is 5.52 Å². The number of carbonyl (C=O) groups excluding carboxylic acids is 1. The van der Waals surface area contributed by atoms with Crippen molar-refractivity contribution >= 4 is 22.4 Å². The molecule has 70 valence electrons. The molecule has 0 aliphatic heterocycles. The molecular weight excluding hydrogens is 176 g/mol. The summed E-state index contributed by atoms with van der Waals surface area (Å²) in [6.45, 7) is 1.50. The van der Waals surface area contributed by atoms with Crippen LogP contribution in [-0.4, -0.2) is 10.8 Å². The smallest absolute Gasteiger partial charge is 0.178 e. The highest BCUT2D eigenvalue weighted by molar-refractivity contribution is 5.97. The minimum absolute atomic E-state index is 0.0330. The van der Waals surface area contributed by atoms with E-state index < -0.39 is 0 Å². The van der Waals surface area contributed by atoms with Crippen molar-refractivity contribution in [3.8, 4) is 0 Å². The Balaban J connectivity index is 2.73. The van der Waals surface area contributed by atoms with Gasteiger partial charge < -0.3 is 5.73 Å². The number of fused-ring (bicyclic) bond motifs is 1. The monoisotopic (exact) mass is 186 g/mol. The number of nitrogen functional groups attached to an aromatic ring is 1. The number of nitrogens with two attached hydrogens (primary N) is 1. The average Bonchev–Trinajstić information content (AvgIpc) is 2.17. The van der Waals surface area contributed by atoms with Crippen molar-refractivity contribution in [2.45, 2.75) is 6.92 Å². The summed E-state index contributed by atoms with van der Waals surface area (Å²) in [5, 5.41) is 0.887. The lowest BCUT2D eigenvalue weighted by atomic mass is 10.1. The Morgan fingerprint density at radius 2 is 2.07 bits per heavy atom. The summed E-state index contributed by atoms with van der Waals surface area (Å²) < 4.78 is 0. The van der Waals surface area contributed by atoms with Gasteiger partial charge in [0.2, 0.25) is 0 Å². The number of nitrogens with zero attached hydrogens (tertiary/aromatic N) is 1. The number of carbonyl (C=O) groups is 1. The molecule has 2 rings (SSSR count). The second kappa shape index (κ2) is 3.10. The molecule has 3 heteroatoms. The second-order valence-corrected chi connectivity index (χ2v) is 3.17. The third kappa shape index (κ3) is 1.33. The highest BCUT2D eigenvalue weighted by atomic mass is 16.1. The first-order chi connectivity index (χ1) is 6.68. The third-order valence-electron chi connectivity index (χ3n) is 2.13. The summed E-state index contributed by atoms with van der Waals surface area (Å²) in [5.74, 6) is -0.0330. The van der Waals surface area contributed by atoms with Crippen molar-refractivity contribution in [1.29, 1.82) is 0 Å². The zero-order valence-electron chi connectivity index (χ0n) is 7.82. The van der Waals surface area contributed by atoms with Gasteiger partial charge in [0, 0.05) is 18.0 Å². The molecule has 0 bridgehead atoms. The number of Topliss-reactive ketones (excluding diaryl/α,β-unsaturated/α-hetero) is 1. The molecule has 0 atom stereocenters. The van der Waals surface area contributed by atoms with Gasteiger partial charge in [-0.1, -0.05) is 6.07 Å². The van der Waals surface area contributed by atoms with Gasteiger partial charge in [-0.25, -0.2) is 4.98 Å². The molecule has 0 amide bonds.